The van der Waals surface area contributed by atoms with Gasteiger partial charge in [0.15, 0.2) is 5.82 Å². The van der Waals surface area contributed by atoms with E-state index in [1.807, 2.05) is 18.2 Å². The summed E-state index contributed by atoms with van der Waals surface area (Å²) in [6, 6.07) is 5.89. The van der Waals surface area contributed by atoms with Crippen molar-refractivity contribution in [3.05, 3.63) is 46.9 Å². The second-order valence-corrected chi connectivity index (χ2v) is 5.56. The minimum atomic E-state index is 0.488. The van der Waals surface area contributed by atoms with E-state index in [4.69, 9.17) is 10.3 Å². The van der Waals surface area contributed by atoms with Crippen molar-refractivity contribution in [3.63, 3.8) is 0 Å². The fraction of sp³-hybridized carbons (Fsp3) is 0.214. The van der Waals surface area contributed by atoms with Gasteiger partial charge in [0.1, 0.15) is 0 Å². The van der Waals surface area contributed by atoms with Crippen LogP contribution in [0.2, 0.25) is 0 Å². The van der Waals surface area contributed by atoms with Gasteiger partial charge in [0.25, 0.3) is 5.89 Å². The Morgan fingerprint density at radius 3 is 2.80 bits per heavy atom. The van der Waals surface area contributed by atoms with Crippen LogP contribution in [0.3, 0.4) is 0 Å². The van der Waals surface area contributed by atoms with E-state index in [0.29, 0.717) is 18.1 Å². The summed E-state index contributed by atoms with van der Waals surface area (Å²) in [7, 11) is 0. The van der Waals surface area contributed by atoms with Crippen LogP contribution in [0.1, 0.15) is 23.2 Å². The van der Waals surface area contributed by atoms with Gasteiger partial charge in [-0.1, -0.05) is 12.1 Å². The standard InChI is InChI=1S/C14H14N4OS/c1-2-10-8-11(13(15)20-10)14-17-12(18-19-14)7-9-3-5-16-6-4-9/h3-6,8H,2,7,15H2,1H3. The molecule has 3 heterocycles. The molecule has 0 atom stereocenters. The molecule has 0 fully saturated rings. The molecule has 0 aliphatic heterocycles. The third-order valence-electron chi connectivity index (χ3n) is 2.97. The van der Waals surface area contributed by atoms with Gasteiger partial charge in [-0.05, 0) is 30.2 Å². The minimum Gasteiger partial charge on any atom is -0.390 e. The molecule has 2 N–H and O–H groups in total. The first-order chi connectivity index (χ1) is 9.76. The van der Waals surface area contributed by atoms with Gasteiger partial charge in [0.2, 0.25) is 0 Å². The summed E-state index contributed by atoms with van der Waals surface area (Å²) in [5, 5.41) is 4.73. The van der Waals surface area contributed by atoms with E-state index in [2.05, 4.69) is 22.0 Å². The number of anilines is 1. The number of nitrogens with zero attached hydrogens (tertiary/aromatic N) is 3. The van der Waals surface area contributed by atoms with Crippen molar-refractivity contribution in [1.82, 2.24) is 15.1 Å². The maximum atomic E-state index is 5.99. The summed E-state index contributed by atoms with van der Waals surface area (Å²) in [6.45, 7) is 2.09. The highest BCUT2D eigenvalue weighted by atomic mass is 32.1. The molecule has 0 aliphatic rings. The number of pyridine rings is 1. The van der Waals surface area contributed by atoms with Gasteiger partial charge in [-0.15, -0.1) is 11.3 Å². The zero-order valence-electron chi connectivity index (χ0n) is 11.0. The molecule has 0 saturated carbocycles. The molecule has 20 heavy (non-hydrogen) atoms. The maximum absolute atomic E-state index is 5.99. The van der Waals surface area contributed by atoms with E-state index >= 15 is 0 Å². The predicted molar refractivity (Wildman–Crippen MR) is 78.4 cm³/mol. The number of thiophene rings is 1. The maximum Gasteiger partial charge on any atom is 0.260 e. The first-order valence-electron chi connectivity index (χ1n) is 6.36. The Balaban J connectivity index is 1.84. The number of hydrogen-bond donors (Lipinski definition) is 1. The van der Waals surface area contributed by atoms with Gasteiger partial charge in [0.05, 0.1) is 10.6 Å². The Labute approximate surface area is 120 Å². The fourth-order valence-corrected chi connectivity index (χ4v) is 2.78. The average Bonchev–Trinajstić information content (AvgIpc) is 3.06. The van der Waals surface area contributed by atoms with Crippen LogP contribution in [0.4, 0.5) is 5.00 Å². The Hall–Kier alpha value is -2.21. The van der Waals surface area contributed by atoms with Gasteiger partial charge in [-0.25, -0.2) is 0 Å². The largest absolute Gasteiger partial charge is 0.390 e. The molecule has 6 heteroatoms. The smallest absolute Gasteiger partial charge is 0.260 e. The summed E-state index contributed by atoms with van der Waals surface area (Å²) in [6.07, 6.45) is 5.07. The van der Waals surface area contributed by atoms with Crippen molar-refractivity contribution in [3.8, 4) is 11.5 Å². The lowest BCUT2D eigenvalue weighted by Gasteiger charge is -1.93. The zero-order valence-corrected chi connectivity index (χ0v) is 11.9. The molecule has 3 aromatic rings. The molecule has 0 amide bonds. The lowest BCUT2D eigenvalue weighted by molar-refractivity contribution is 0.424. The van der Waals surface area contributed by atoms with Gasteiger partial charge < -0.3 is 10.3 Å². The molecular weight excluding hydrogens is 272 g/mol. The number of hydrogen-bond acceptors (Lipinski definition) is 6. The van der Waals surface area contributed by atoms with Crippen LogP contribution in [0.5, 0.6) is 0 Å². The van der Waals surface area contributed by atoms with Crippen LogP contribution in [0.15, 0.2) is 35.1 Å². The van der Waals surface area contributed by atoms with Gasteiger partial charge >= 0.3 is 0 Å². The monoisotopic (exact) mass is 286 g/mol. The second-order valence-electron chi connectivity index (χ2n) is 4.39. The fourth-order valence-electron chi connectivity index (χ4n) is 1.92. The van der Waals surface area contributed by atoms with Crippen LogP contribution in [0, 0.1) is 0 Å². The zero-order chi connectivity index (χ0) is 13.9. The van der Waals surface area contributed by atoms with Crippen LogP contribution in [0.25, 0.3) is 11.5 Å². The average molecular weight is 286 g/mol. The number of nitrogen functional groups attached to an aromatic ring is 1. The van der Waals surface area contributed by atoms with Crippen molar-refractivity contribution < 1.29 is 4.52 Å². The van der Waals surface area contributed by atoms with E-state index in [0.717, 1.165) is 22.5 Å². The van der Waals surface area contributed by atoms with Gasteiger partial charge in [-0.3, -0.25) is 4.98 Å². The van der Waals surface area contributed by atoms with Crippen molar-refractivity contribution in [2.45, 2.75) is 19.8 Å². The lowest BCUT2D eigenvalue weighted by Crippen LogP contribution is -1.91. The van der Waals surface area contributed by atoms with E-state index in [1.54, 1.807) is 23.7 Å². The van der Waals surface area contributed by atoms with Crippen molar-refractivity contribution >= 4 is 16.3 Å². The number of aromatic nitrogens is 3. The summed E-state index contributed by atoms with van der Waals surface area (Å²) in [5.74, 6) is 1.14. The molecular formula is C14H14N4OS. The highest BCUT2D eigenvalue weighted by Crippen LogP contribution is 2.33. The van der Waals surface area contributed by atoms with Crippen LogP contribution < -0.4 is 5.73 Å². The predicted octanol–water partition coefficient (Wildman–Crippen LogP) is 2.93. The van der Waals surface area contributed by atoms with Crippen molar-refractivity contribution in [2.24, 2.45) is 0 Å². The number of rotatable bonds is 4. The van der Waals surface area contributed by atoms with E-state index < -0.39 is 0 Å². The topological polar surface area (TPSA) is 77.8 Å². The SMILES string of the molecule is CCc1cc(-c2nc(Cc3ccncc3)no2)c(N)s1. The lowest BCUT2D eigenvalue weighted by atomic mass is 10.2. The first kappa shape index (κ1) is 12.8. The molecule has 3 rings (SSSR count). The molecule has 0 bridgehead atoms. The number of nitrogens with two attached hydrogens (primary N) is 1. The second kappa shape index (κ2) is 5.42. The minimum absolute atomic E-state index is 0.488. The quantitative estimate of drug-likeness (QED) is 0.797. The highest BCUT2D eigenvalue weighted by Gasteiger charge is 2.15. The number of aryl methyl sites for hydroxylation is 1. The molecule has 3 aromatic heterocycles. The molecule has 5 nitrogen and oxygen atoms in total. The van der Waals surface area contributed by atoms with Crippen molar-refractivity contribution in [1.29, 1.82) is 0 Å². The Bertz CT molecular complexity index is 705. The van der Waals surface area contributed by atoms with Crippen LogP contribution in [-0.2, 0) is 12.8 Å². The molecule has 0 aromatic carbocycles. The van der Waals surface area contributed by atoms with Crippen molar-refractivity contribution in [2.75, 3.05) is 5.73 Å². The molecule has 0 spiro atoms. The summed E-state index contributed by atoms with van der Waals surface area (Å²) in [5.41, 5.74) is 7.92. The van der Waals surface area contributed by atoms with Gasteiger partial charge in [0, 0.05) is 23.7 Å². The van der Waals surface area contributed by atoms with Crippen LogP contribution in [-0.4, -0.2) is 15.1 Å². The van der Waals surface area contributed by atoms with E-state index in [-0.39, 0.29) is 0 Å². The van der Waals surface area contributed by atoms with Crippen LogP contribution >= 0.6 is 11.3 Å². The molecule has 0 unspecified atom stereocenters. The first-order valence-corrected chi connectivity index (χ1v) is 7.18. The third-order valence-corrected chi connectivity index (χ3v) is 4.08. The van der Waals surface area contributed by atoms with E-state index in [9.17, 15) is 0 Å². The molecule has 0 aliphatic carbocycles. The Morgan fingerprint density at radius 2 is 2.10 bits per heavy atom. The summed E-state index contributed by atoms with van der Waals surface area (Å²) < 4.78 is 5.31. The Morgan fingerprint density at radius 1 is 1.30 bits per heavy atom. The summed E-state index contributed by atoms with van der Waals surface area (Å²) in [4.78, 5) is 9.61. The molecule has 0 radical (unpaired) electrons. The van der Waals surface area contributed by atoms with Gasteiger partial charge in [-0.2, -0.15) is 4.98 Å². The highest BCUT2D eigenvalue weighted by molar-refractivity contribution is 7.16. The summed E-state index contributed by atoms with van der Waals surface area (Å²) >= 11 is 1.56. The third kappa shape index (κ3) is 2.55. The molecule has 0 saturated heterocycles. The molecule has 102 valence electrons. The Kier molecular flexibility index (Phi) is 3.47. The normalized spacial score (nSPS) is 10.8. The van der Waals surface area contributed by atoms with E-state index in [1.165, 1.54) is 4.88 Å².